The highest BCUT2D eigenvalue weighted by molar-refractivity contribution is 9.10. The topological polar surface area (TPSA) is 70.2 Å². The van der Waals surface area contributed by atoms with Crippen LogP contribution < -0.4 is 16.0 Å². The minimum absolute atomic E-state index is 0. The van der Waals surface area contributed by atoms with Gasteiger partial charge in [0.15, 0.2) is 0 Å². The molecule has 1 fully saturated rings. The molecule has 0 radical (unpaired) electrons. The summed E-state index contributed by atoms with van der Waals surface area (Å²) < 4.78 is 0.870. The van der Waals surface area contributed by atoms with Crippen LogP contribution in [0, 0.1) is 5.92 Å². The summed E-state index contributed by atoms with van der Waals surface area (Å²) in [5.74, 6) is 0.554. The van der Waals surface area contributed by atoms with Crippen LogP contribution in [0.25, 0.3) is 0 Å². The van der Waals surface area contributed by atoms with Gasteiger partial charge in [0.05, 0.1) is 0 Å². The lowest BCUT2D eigenvalue weighted by Gasteiger charge is -2.09. The Hall–Kier alpha value is -1.11. The molecular weight excluding hydrogens is 382 g/mol. The molecule has 1 unspecified atom stereocenters. The highest BCUT2D eigenvalue weighted by Gasteiger charge is 2.15. The third-order valence-electron chi connectivity index (χ3n) is 3.76. The Morgan fingerprint density at radius 1 is 1.26 bits per heavy atom. The van der Waals surface area contributed by atoms with Gasteiger partial charge in [0.2, 0.25) is 5.91 Å². The summed E-state index contributed by atoms with van der Waals surface area (Å²) in [7, 11) is 0. The van der Waals surface area contributed by atoms with Gasteiger partial charge in [-0.25, -0.2) is 0 Å². The molecule has 5 nitrogen and oxygen atoms in total. The van der Waals surface area contributed by atoms with Crippen molar-refractivity contribution < 1.29 is 9.59 Å². The first-order chi connectivity index (χ1) is 10.6. The van der Waals surface area contributed by atoms with Crippen molar-refractivity contribution in [3.63, 3.8) is 0 Å². The quantitative estimate of drug-likeness (QED) is 0.610. The molecule has 1 heterocycles. The molecule has 2 amide bonds. The first kappa shape index (κ1) is 19.9. The van der Waals surface area contributed by atoms with Crippen LogP contribution in [0.2, 0.25) is 0 Å². The summed E-state index contributed by atoms with van der Waals surface area (Å²) in [5, 5.41) is 8.93. The van der Waals surface area contributed by atoms with Gasteiger partial charge in [0.25, 0.3) is 5.91 Å². The number of amides is 2. The predicted octanol–water partition coefficient (Wildman–Crippen LogP) is 2.11. The highest BCUT2D eigenvalue weighted by atomic mass is 79.9. The third kappa shape index (κ3) is 7.33. The van der Waals surface area contributed by atoms with Crippen molar-refractivity contribution in [2.75, 3.05) is 26.2 Å². The van der Waals surface area contributed by atoms with Crippen molar-refractivity contribution in [2.45, 2.75) is 19.3 Å². The molecule has 1 saturated heterocycles. The lowest BCUT2D eigenvalue weighted by molar-refractivity contribution is -0.121. The molecule has 0 aliphatic carbocycles. The summed E-state index contributed by atoms with van der Waals surface area (Å²) in [5.41, 5.74) is 0.606. The Morgan fingerprint density at radius 3 is 2.74 bits per heavy atom. The fourth-order valence-electron chi connectivity index (χ4n) is 2.49. The molecule has 0 aromatic heterocycles. The molecule has 1 aromatic rings. The Morgan fingerprint density at radius 2 is 2.04 bits per heavy atom. The number of hydrogen-bond donors (Lipinski definition) is 3. The van der Waals surface area contributed by atoms with Crippen LogP contribution in [-0.4, -0.2) is 38.0 Å². The largest absolute Gasteiger partial charge is 0.354 e. The van der Waals surface area contributed by atoms with Crippen LogP contribution in [0.1, 0.15) is 29.6 Å². The zero-order valence-corrected chi connectivity index (χ0v) is 15.3. The van der Waals surface area contributed by atoms with Crippen LogP contribution in [0.4, 0.5) is 0 Å². The molecule has 7 heteroatoms. The molecule has 1 aliphatic heterocycles. The predicted molar refractivity (Wildman–Crippen MR) is 96.9 cm³/mol. The fraction of sp³-hybridized carbons (Fsp3) is 0.500. The van der Waals surface area contributed by atoms with Gasteiger partial charge < -0.3 is 16.0 Å². The second kappa shape index (κ2) is 10.6. The van der Waals surface area contributed by atoms with E-state index in [2.05, 4.69) is 31.9 Å². The van der Waals surface area contributed by atoms with Gasteiger partial charge in [0, 0.05) is 29.5 Å². The first-order valence-electron chi connectivity index (χ1n) is 7.66. The van der Waals surface area contributed by atoms with Gasteiger partial charge >= 0.3 is 0 Å². The van der Waals surface area contributed by atoms with E-state index in [0.29, 0.717) is 31.0 Å². The van der Waals surface area contributed by atoms with Gasteiger partial charge in [-0.05, 0) is 50.0 Å². The van der Waals surface area contributed by atoms with Gasteiger partial charge in [-0.15, -0.1) is 12.4 Å². The van der Waals surface area contributed by atoms with E-state index >= 15 is 0 Å². The van der Waals surface area contributed by atoms with Crippen LogP contribution in [0.15, 0.2) is 28.7 Å². The summed E-state index contributed by atoms with van der Waals surface area (Å²) in [6.07, 6.45) is 2.66. The maximum Gasteiger partial charge on any atom is 0.251 e. The number of rotatable bonds is 7. The van der Waals surface area contributed by atoms with E-state index in [1.807, 2.05) is 12.1 Å². The van der Waals surface area contributed by atoms with Crippen molar-refractivity contribution in [1.29, 1.82) is 0 Å². The number of nitrogens with one attached hydrogen (secondary N) is 3. The molecule has 1 aromatic carbocycles. The maximum atomic E-state index is 11.9. The van der Waals surface area contributed by atoms with E-state index in [-0.39, 0.29) is 24.2 Å². The molecule has 3 N–H and O–H groups in total. The summed E-state index contributed by atoms with van der Waals surface area (Å²) >= 11 is 3.33. The number of halogens is 2. The van der Waals surface area contributed by atoms with Crippen LogP contribution in [-0.2, 0) is 4.79 Å². The molecule has 0 bridgehead atoms. The van der Waals surface area contributed by atoms with E-state index in [1.54, 1.807) is 12.1 Å². The molecule has 0 saturated carbocycles. The number of hydrogen-bond acceptors (Lipinski definition) is 3. The van der Waals surface area contributed by atoms with Crippen molar-refractivity contribution in [3.8, 4) is 0 Å². The SMILES string of the molecule is Cl.O=C(CCC1CCNC1)NCCNC(=O)c1cccc(Br)c1. The summed E-state index contributed by atoms with van der Waals surface area (Å²) in [6.45, 7) is 2.98. The van der Waals surface area contributed by atoms with E-state index in [4.69, 9.17) is 0 Å². The average Bonchev–Trinajstić information content (AvgIpc) is 3.02. The molecule has 2 rings (SSSR count). The van der Waals surface area contributed by atoms with E-state index in [1.165, 1.54) is 0 Å². The molecule has 128 valence electrons. The second-order valence-corrected chi connectivity index (χ2v) is 6.43. The maximum absolute atomic E-state index is 11.9. The fourth-order valence-corrected chi connectivity index (χ4v) is 2.89. The average molecular weight is 405 g/mol. The first-order valence-corrected chi connectivity index (χ1v) is 8.45. The van der Waals surface area contributed by atoms with E-state index in [9.17, 15) is 9.59 Å². The number of carbonyl (C=O) groups excluding carboxylic acids is 2. The normalized spacial score (nSPS) is 16.5. The van der Waals surface area contributed by atoms with Crippen molar-refractivity contribution in [2.24, 2.45) is 5.92 Å². The van der Waals surface area contributed by atoms with Gasteiger partial charge in [-0.1, -0.05) is 22.0 Å². The van der Waals surface area contributed by atoms with Crippen molar-refractivity contribution in [3.05, 3.63) is 34.3 Å². The van der Waals surface area contributed by atoms with Gasteiger partial charge in [0.1, 0.15) is 0 Å². The molecule has 23 heavy (non-hydrogen) atoms. The smallest absolute Gasteiger partial charge is 0.251 e. The van der Waals surface area contributed by atoms with Crippen LogP contribution >= 0.6 is 28.3 Å². The zero-order valence-electron chi connectivity index (χ0n) is 12.9. The third-order valence-corrected chi connectivity index (χ3v) is 4.25. The number of carbonyl (C=O) groups is 2. The molecule has 1 atom stereocenters. The lowest BCUT2D eigenvalue weighted by Crippen LogP contribution is -2.34. The standard InChI is InChI=1S/C16H22BrN3O2.ClH/c17-14-3-1-2-13(10-14)16(22)20-9-8-19-15(21)5-4-12-6-7-18-11-12;/h1-3,10,12,18H,4-9,11H2,(H,19,21)(H,20,22);1H. The minimum Gasteiger partial charge on any atom is -0.354 e. The summed E-state index contributed by atoms with van der Waals surface area (Å²) in [6, 6.07) is 7.22. The Labute approximate surface area is 151 Å². The van der Waals surface area contributed by atoms with Gasteiger partial charge in [-0.2, -0.15) is 0 Å². The van der Waals surface area contributed by atoms with Crippen LogP contribution in [0.3, 0.4) is 0 Å². The lowest BCUT2D eigenvalue weighted by atomic mass is 10.0. The Bertz CT molecular complexity index is 522. The Balaban J connectivity index is 0.00000264. The van der Waals surface area contributed by atoms with Crippen LogP contribution in [0.5, 0.6) is 0 Å². The van der Waals surface area contributed by atoms with E-state index < -0.39 is 0 Å². The monoisotopic (exact) mass is 403 g/mol. The Kier molecular flexibility index (Phi) is 9.21. The highest BCUT2D eigenvalue weighted by Crippen LogP contribution is 2.14. The number of benzene rings is 1. The van der Waals surface area contributed by atoms with E-state index in [0.717, 1.165) is 30.4 Å². The summed E-state index contributed by atoms with van der Waals surface area (Å²) in [4.78, 5) is 23.6. The van der Waals surface area contributed by atoms with Crippen molar-refractivity contribution in [1.82, 2.24) is 16.0 Å². The molecule has 1 aliphatic rings. The molecule has 0 spiro atoms. The second-order valence-electron chi connectivity index (χ2n) is 5.51. The van der Waals surface area contributed by atoms with Crippen molar-refractivity contribution >= 4 is 40.2 Å². The minimum atomic E-state index is -0.132. The zero-order chi connectivity index (χ0) is 15.8. The molecular formula is C16H23BrClN3O2. The van der Waals surface area contributed by atoms with Gasteiger partial charge in [-0.3, -0.25) is 9.59 Å².